The summed E-state index contributed by atoms with van der Waals surface area (Å²) in [5.41, 5.74) is 2.83. The minimum atomic E-state index is -0.428. The molecule has 3 heterocycles. The summed E-state index contributed by atoms with van der Waals surface area (Å²) in [4.78, 5) is 41.4. The number of piperazine rings is 1. The van der Waals surface area contributed by atoms with Crippen LogP contribution in [0.5, 0.6) is 5.75 Å². The van der Waals surface area contributed by atoms with Crippen LogP contribution < -0.4 is 25.4 Å². The van der Waals surface area contributed by atoms with Gasteiger partial charge in [-0.2, -0.15) is 0 Å². The van der Waals surface area contributed by atoms with Crippen LogP contribution in [0, 0.1) is 0 Å². The van der Waals surface area contributed by atoms with Crippen molar-refractivity contribution in [2.75, 3.05) is 56.7 Å². The predicted octanol–water partition coefficient (Wildman–Crippen LogP) is 2.09. The van der Waals surface area contributed by atoms with E-state index in [4.69, 9.17) is 4.74 Å². The molecular weight excluding hydrogens is 432 g/mol. The lowest BCUT2D eigenvalue weighted by atomic mass is 10.1. The Hall–Kier alpha value is -3.72. The van der Waals surface area contributed by atoms with Crippen LogP contribution >= 0.6 is 0 Å². The molecule has 9 heteroatoms. The maximum Gasteiger partial charge on any atom is 0.249 e. The fourth-order valence-corrected chi connectivity index (χ4v) is 4.64. The number of nitrogens with one attached hydrogen (secondary N) is 1. The molecule has 34 heavy (non-hydrogen) atoms. The van der Waals surface area contributed by atoms with Gasteiger partial charge in [-0.05, 0) is 43.1 Å². The summed E-state index contributed by atoms with van der Waals surface area (Å²) in [7, 11) is 3.47. The van der Waals surface area contributed by atoms with E-state index < -0.39 is 10.9 Å². The molecule has 0 radical (unpaired) electrons. The number of nitrogens with zero attached hydrogens (tertiary/aromatic N) is 5. The van der Waals surface area contributed by atoms with Crippen LogP contribution in [0.15, 0.2) is 52.6 Å². The zero-order valence-electron chi connectivity index (χ0n) is 19.5. The maximum absolute atomic E-state index is 11.8. The molecule has 0 amide bonds. The lowest BCUT2D eigenvalue weighted by Crippen LogP contribution is -2.47. The van der Waals surface area contributed by atoms with Crippen LogP contribution in [0.1, 0.15) is 12.0 Å². The largest absolute Gasteiger partial charge is 0.491 e. The SMILES string of the molecule is COc1cncnc1N1CCN(CCCc2c[nH]c3ccc(N(C)c4cc(=O)c4=O)cc23)CC1. The van der Waals surface area contributed by atoms with Crippen molar-refractivity contribution in [1.29, 1.82) is 0 Å². The van der Waals surface area contributed by atoms with E-state index in [2.05, 4.69) is 37.0 Å². The number of benzene rings is 1. The molecule has 5 rings (SSSR count). The Morgan fingerprint density at radius 2 is 1.97 bits per heavy atom. The van der Waals surface area contributed by atoms with Crippen molar-refractivity contribution < 1.29 is 4.74 Å². The van der Waals surface area contributed by atoms with Crippen LogP contribution in [-0.4, -0.2) is 66.7 Å². The van der Waals surface area contributed by atoms with E-state index in [9.17, 15) is 9.59 Å². The second-order valence-electron chi connectivity index (χ2n) is 8.67. The molecule has 176 valence electrons. The average molecular weight is 461 g/mol. The Labute approximate surface area is 197 Å². The molecule has 0 aliphatic carbocycles. The van der Waals surface area contributed by atoms with Gasteiger partial charge in [0.05, 0.1) is 19.0 Å². The maximum atomic E-state index is 11.8. The Kier molecular flexibility index (Phi) is 6.02. The number of anilines is 3. The Morgan fingerprint density at radius 1 is 1.15 bits per heavy atom. The smallest absolute Gasteiger partial charge is 0.249 e. The van der Waals surface area contributed by atoms with Gasteiger partial charge in [-0.1, -0.05) is 0 Å². The van der Waals surface area contributed by atoms with Crippen LogP contribution in [-0.2, 0) is 6.42 Å². The van der Waals surface area contributed by atoms with Gasteiger partial charge in [0.15, 0.2) is 11.6 Å². The van der Waals surface area contributed by atoms with E-state index >= 15 is 0 Å². The van der Waals surface area contributed by atoms with Crippen molar-refractivity contribution in [1.82, 2.24) is 19.9 Å². The molecule has 1 aliphatic heterocycles. The second kappa shape index (κ2) is 9.26. The van der Waals surface area contributed by atoms with E-state index in [1.807, 2.05) is 19.2 Å². The highest BCUT2D eigenvalue weighted by Crippen LogP contribution is 2.28. The van der Waals surface area contributed by atoms with Crippen LogP contribution in [0.4, 0.5) is 17.2 Å². The molecule has 2 aromatic carbocycles. The zero-order valence-corrected chi connectivity index (χ0v) is 19.5. The van der Waals surface area contributed by atoms with Gasteiger partial charge < -0.3 is 19.5 Å². The third-order valence-corrected chi connectivity index (χ3v) is 6.69. The summed E-state index contributed by atoms with van der Waals surface area (Å²) >= 11 is 0. The molecule has 2 aromatic heterocycles. The molecule has 0 spiro atoms. The number of aromatic amines is 1. The molecule has 0 atom stereocenters. The Balaban J connectivity index is 1.18. The van der Waals surface area contributed by atoms with E-state index in [0.717, 1.165) is 68.0 Å². The first-order chi connectivity index (χ1) is 16.5. The first kappa shape index (κ1) is 22.1. The monoisotopic (exact) mass is 460 g/mol. The molecule has 0 unspecified atom stereocenters. The first-order valence-corrected chi connectivity index (χ1v) is 11.5. The molecule has 9 nitrogen and oxygen atoms in total. The normalized spacial score (nSPS) is 14.7. The van der Waals surface area contributed by atoms with E-state index in [1.165, 1.54) is 11.6 Å². The molecule has 1 N–H and O–H groups in total. The minimum Gasteiger partial charge on any atom is -0.491 e. The molecule has 0 saturated carbocycles. The van der Waals surface area contributed by atoms with Gasteiger partial charge in [-0.15, -0.1) is 0 Å². The number of hydrogen-bond donors (Lipinski definition) is 1. The fourth-order valence-electron chi connectivity index (χ4n) is 4.64. The van der Waals surface area contributed by atoms with Gasteiger partial charge >= 0.3 is 0 Å². The molecule has 4 aromatic rings. The highest BCUT2D eigenvalue weighted by molar-refractivity contribution is 5.87. The van der Waals surface area contributed by atoms with Crippen LogP contribution in [0.2, 0.25) is 0 Å². The number of methoxy groups -OCH3 is 1. The third-order valence-electron chi connectivity index (χ3n) is 6.69. The van der Waals surface area contributed by atoms with E-state index in [-0.39, 0.29) is 0 Å². The highest BCUT2D eigenvalue weighted by Gasteiger charge is 2.21. The summed E-state index contributed by atoms with van der Waals surface area (Å²) in [5, 5.41) is 1.16. The van der Waals surface area contributed by atoms with Crippen molar-refractivity contribution in [3.63, 3.8) is 0 Å². The number of aromatic nitrogens is 3. The average Bonchev–Trinajstić information content (AvgIpc) is 3.29. The van der Waals surface area contributed by atoms with Crippen molar-refractivity contribution in [3.8, 4) is 5.75 Å². The Bertz CT molecular complexity index is 1360. The number of ether oxygens (including phenoxy) is 1. The number of hydrogen-bond acceptors (Lipinski definition) is 8. The lowest BCUT2D eigenvalue weighted by molar-refractivity contribution is 0.253. The van der Waals surface area contributed by atoms with Crippen molar-refractivity contribution >= 4 is 28.1 Å². The van der Waals surface area contributed by atoms with Gasteiger partial charge in [0.25, 0.3) is 0 Å². The molecule has 1 saturated heterocycles. The van der Waals surface area contributed by atoms with Gasteiger partial charge in [-0.3, -0.25) is 14.5 Å². The molecule has 1 fully saturated rings. The molecular formula is C25H28N6O3. The second-order valence-corrected chi connectivity index (χ2v) is 8.67. The minimum absolute atomic E-state index is 0.421. The number of fused-ring (bicyclic) bond motifs is 1. The third kappa shape index (κ3) is 4.14. The van der Waals surface area contributed by atoms with E-state index in [0.29, 0.717) is 11.4 Å². The topological polar surface area (TPSA) is 94.7 Å². The summed E-state index contributed by atoms with van der Waals surface area (Å²) < 4.78 is 5.40. The van der Waals surface area contributed by atoms with Crippen LogP contribution in [0.25, 0.3) is 10.9 Å². The van der Waals surface area contributed by atoms with Gasteiger partial charge in [-0.25, -0.2) is 9.97 Å². The first-order valence-electron chi connectivity index (χ1n) is 11.5. The number of H-pyrrole nitrogens is 1. The van der Waals surface area contributed by atoms with Crippen molar-refractivity contribution in [2.45, 2.75) is 12.8 Å². The Morgan fingerprint density at radius 3 is 2.71 bits per heavy atom. The number of aryl methyl sites for hydroxylation is 1. The quantitative estimate of drug-likeness (QED) is 0.400. The molecule has 1 aliphatic rings. The predicted molar refractivity (Wildman–Crippen MR) is 133 cm³/mol. The van der Waals surface area contributed by atoms with E-state index in [1.54, 1.807) is 24.5 Å². The van der Waals surface area contributed by atoms with Crippen molar-refractivity contribution in [3.05, 3.63) is 69.0 Å². The molecule has 0 bridgehead atoms. The zero-order chi connectivity index (χ0) is 23.7. The summed E-state index contributed by atoms with van der Waals surface area (Å²) in [6.45, 7) is 4.82. The summed E-state index contributed by atoms with van der Waals surface area (Å²) in [6, 6.07) is 7.47. The number of rotatable bonds is 8. The van der Waals surface area contributed by atoms with Gasteiger partial charge in [0.2, 0.25) is 10.9 Å². The lowest BCUT2D eigenvalue weighted by Gasteiger charge is -2.35. The highest BCUT2D eigenvalue weighted by atomic mass is 16.5. The van der Waals surface area contributed by atoms with Crippen molar-refractivity contribution in [2.24, 2.45) is 0 Å². The summed E-state index contributed by atoms with van der Waals surface area (Å²) in [6.07, 6.45) is 7.37. The van der Waals surface area contributed by atoms with Gasteiger partial charge in [0, 0.05) is 62.1 Å². The van der Waals surface area contributed by atoms with Crippen LogP contribution in [0.3, 0.4) is 0 Å². The summed E-state index contributed by atoms with van der Waals surface area (Å²) in [5.74, 6) is 1.57. The fraction of sp³-hybridized carbons (Fsp3) is 0.360. The standard InChI is InChI=1S/C25H28N6O3/c1-29(21-13-22(32)24(21)33)18-5-6-20-19(12-18)17(14-27-20)4-3-7-30-8-10-31(11-9-30)25-23(34-2)15-26-16-28-25/h5-6,12-16,27H,3-4,7-11H2,1-2H3. The van der Waals surface area contributed by atoms with Gasteiger partial charge in [0.1, 0.15) is 6.33 Å².